The van der Waals surface area contributed by atoms with Crippen LogP contribution in [0.25, 0.3) is 0 Å². The molecule has 0 radical (unpaired) electrons. The second-order valence-corrected chi connectivity index (χ2v) is 6.23. The second kappa shape index (κ2) is 7.38. The standard InChI is InChI=1S/C17H22N2OS/c1-4-13-7-9-14(10-8-13)17(20)18-12-15(19(2)3)16-6-5-11-21-16/h5-11,15H,4,12H2,1-3H3,(H,18,20)/t15-/m1/s1. The first-order valence-corrected chi connectivity index (χ1v) is 8.06. The Hall–Kier alpha value is -1.65. The number of aryl methyl sites for hydroxylation is 1. The summed E-state index contributed by atoms with van der Waals surface area (Å²) in [6.07, 6.45) is 0.989. The summed E-state index contributed by atoms with van der Waals surface area (Å²) >= 11 is 1.72. The minimum atomic E-state index is -0.0129. The van der Waals surface area contributed by atoms with E-state index in [-0.39, 0.29) is 11.9 Å². The molecule has 1 aromatic heterocycles. The number of benzene rings is 1. The number of rotatable bonds is 6. The van der Waals surface area contributed by atoms with Gasteiger partial charge in [0.25, 0.3) is 5.91 Å². The average molecular weight is 302 g/mol. The lowest BCUT2D eigenvalue weighted by Gasteiger charge is -2.23. The maximum atomic E-state index is 12.2. The molecular weight excluding hydrogens is 280 g/mol. The fourth-order valence-corrected chi connectivity index (χ4v) is 3.12. The van der Waals surface area contributed by atoms with E-state index in [2.05, 4.69) is 28.6 Å². The van der Waals surface area contributed by atoms with Gasteiger partial charge >= 0.3 is 0 Å². The van der Waals surface area contributed by atoms with Crippen molar-refractivity contribution in [1.82, 2.24) is 10.2 Å². The van der Waals surface area contributed by atoms with E-state index in [1.807, 2.05) is 44.4 Å². The lowest BCUT2D eigenvalue weighted by Crippen LogP contribution is -2.34. The topological polar surface area (TPSA) is 32.3 Å². The van der Waals surface area contributed by atoms with Crippen LogP contribution in [0.3, 0.4) is 0 Å². The molecule has 21 heavy (non-hydrogen) atoms. The van der Waals surface area contributed by atoms with Crippen LogP contribution in [0.2, 0.25) is 0 Å². The zero-order valence-corrected chi connectivity index (χ0v) is 13.6. The molecule has 4 heteroatoms. The lowest BCUT2D eigenvalue weighted by atomic mass is 10.1. The molecule has 0 spiro atoms. The first-order chi connectivity index (χ1) is 10.1. The molecule has 2 rings (SSSR count). The molecule has 0 aliphatic rings. The summed E-state index contributed by atoms with van der Waals surface area (Å²) in [5, 5.41) is 5.10. The highest BCUT2D eigenvalue weighted by atomic mass is 32.1. The summed E-state index contributed by atoms with van der Waals surface area (Å²) in [4.78, 5) is 15.6. The fraction of sp³-hybridized carbons (Fsp3) is 0.353. The van der Waals surface area contributed by atoms with Gasteiger partial charge in [0.1, 0.15) is 0 Å². The summed E-state index contributed by atoms with van der Waals surface area (Å²) in [6.45, 7) is 2.72. The molecular formula is C17H22N2OS. The Kier molecular flexibility index (Phi) is 5.53. The van der Waals surface area contributed by atoms with Gasteiger partial charge in [-0.3, -0.25) is 4.79 Å². The molecule has 0 saturated heterocycles. The van der Waals surface area contributed by atoms with E-state index >= 15 is 0 Å². The molecule has 1 N–H and O–H groups in total. The first-order valence-electron chi connectivity index (χ1n) is 7.18. The molecule has 1 amide bonds. The van der Waals surface area contributed by atoms with Gasteiger partial charge in [-0.2, -0.15) is 0 Å². The van der Waals surface area contributed by atoms with Gasteiger partial charge in [0, 0.05) is 17.0 Å². The molecule has 0 aliphatic carbocycles. The third-order valence-corrected chi connectivity index (χ3v) is 4.55. The van der Waals surface area contributed by atoms with Crippen molar-refractivity contribution in [3.05, 3.63) is 57.8 Å². The predicted molar refractivity (Wildman–Crippen MR) is 88.9 cm³/mol. The highest BCUT2D eigenvalue weighted by Gasteiger charge is 2.16. The van der Waals surface area contributed by atoms with Crippen molar-refractivity contribution in [3.8, 4) is 0 Å². The van der Waals surface area contributed by atoms with Gasteiger partial charge < -0.3 is 10.2 Å². The van der Waals surface area contributed by atoms with Crippen LogP contribution >= 0.6 is 11.3 Å². The highest BCUT2D eigenvalue weighted by Crippen LogP contribution is 2.22. The van der Waals surface area contributed by atoms with Crippen molar-refractivity contribution in [2.75, 3.05) is 20.6 Å². The van der Waals surface area contributed by atoms with E-state index in [0.717, 1.165) is 12.0 Å². The third-order valence-electron chi connectivity index (χ3n) is 3.58. The Morgan fingerprint density at radius 1 is 1.24 bits per heavy atom. The molecule has 0 bridgehead atoms. The van der Waals surface area contributed by atoms with E-state index in [0.29, 0.717) is 6.54 Å². The SMILES string of the molecule is CCc1ccc(C(=O)NC[C@H](c2cccs2)N(C)C)cc1. The molecule has 0 fully saturated rings. The minimum absolute atomic E-state index is 0.0129. The van der Waals surface area contributed by atoms with E-state index in [9.17, 15) is 4.79 Å². The summed E-state index contributed by atoms with van der Waals surface area (Å²) in [5.74, 6) is -0.0129. The summed E-state index contributed by atoms with van der Waals surface area (Å²) in [7, 11) is 4.07. The second-order valence-electron chi connectivity index (χ2n) is 5.26. The fourth-order valence-electron chi connectivity index (χ4n) is 2.20. The molecule has 0 unspecified atom stereocenters. The Bertz CT molecular complexity index is 561. The maximum absolute atomic E-state index is 12.2. The number of hydrogen-bond donors (Lipinski definition) is 1. The van der Waals surface area contributed by atoms with Crippen LogP contribution in [0.15, 0.2) is 41.8 Å². The first kappa shape index (κ1) is 15.7. The van der Waals surface area contributed by atoms with Crippen molar-refractivity contribution < 1.29 is 4.79 Å². The van der Waals surface area contributed by atoms with Crippen LogP contribution in [0.1, 0.15) is 33.8 Å². The van der Waals surface area contributed by atoms with Crippen molar-refractivity contribution in [3.63, 3.8) is 0 Å². The predicted octanol–water partition coefficient (Wildman–Crippen LogP) is 3.34. The number of nitrogens with zero attached hydrogens (tertiary/aromatic N) is 1. The largest absolute Gasteiger partial charge is 0.350 e. The van der Waals surface area contributed by atoms with E-state index in [1.54, 1.807) is 11.3 Å². The van der Waals surface area contributed by atoms with E-state index in [1.165, 1.54) is 10.4 Å². The van der Waals surface area contributed by atoms with E-state index in [4.69, 9.17) is 0 Å². The number of nitrogens with one attached hydrogen (secondary N) is 1. The number of likely N-dealkylation sites (N-methyl/N-ethyl adjacent to an activating group) is 1. The Morgan fingerprint density at radius 3 is 2.48 bits per heavy atom. The van der Waals surface area contributed by atoms with Crippen LogP contribution in [-0.2, 0) is 6.42 Å². The number of carbonyl (C=O) groups excluding carboxylic acids is 1. The quantitative estimate of drug-likeness (QED) is 0.887. The van der Waals surface area contributed by atoms with E-state index < -0.39 is 0 Å². The van der Waals surface area contributed by atoms with Crippen molar-refractivity contribution in [2.45, 2.75) is 19.4 Å². The maximum Gasteiger partial charge on any atom is 0.251 e. The molecule has 0 aliphatic heterocycles. The van der Waals surface area contributed by atoms with Gasteiger partial charge in [0.15, 0.2) is 0 Å². The van der Waals surface area contributed by atoms with Crippen LogP contribution in [0.4, 0.5) is 0 Å². The van der Waals surface area contributed by atoms with Crippen LogP contribution in [0.5, 0.6) is 0 Å². The Labute approximate surface area is 130 Å². The number of carbonyl (C=O) groups is 1. The summed E-state index contributed by atoms with van der Waals surface area (Å²) in [6, 6.07) is 12.2. The van der Waals surface area contributed by atoms with Gasteiger partial charge in [-0.15, -0.1) is 11.3 Å². The van der Waals surface area contributed by atoms with Gasteiger partial charge in [0.05, 0.1) is 6.04 Å². The zero-order valence-electron chi connectivity index (χ0n) is 12.8. The van der Waals surface area contributed by atoms with Crippen LogP contribution in [-0.4, -0.2) is 31.4 Å². The zero-order chi connectivity index (χ0) is 15.2. The number of thiophene rings is 1. The van der Waals surface area contributed by atoms with Crippen molar-refractivity contribution in [2.24, 2.45) is 0 Å². The van der Waals surface area contributed by atoms with Gasteiger partial charge in [0.2, 0.25) is 0 Å². The van der Waals surface area contributed by atoms with Crippen molar-refractivity contribution in [1.29, 1.82) is 0 Å². The molecule has 1 aromatic carbocycles. The minimum Gasteiger partial charge on any atom is -0.350 e. The van der Waals surface area contributed by atoms with Gasteiger partial charge in [-0.1, -0.05) is 25.1 Å². The molecule has 0 saturated carbocycles. The molecule has 3 nitrogen and oxygen atoms in total. The van der Waals surface area contributed by atoms with Crippen LogP contribution in [0, 0.1) is 0 Å². The Morgan fingerprint density at radius 2 is 1.95 bits per heavy atom. The number of hydrogen-bond acceptors (Lipinski definition) is 3. The summed E-state index contributed by atoms with van der Waals surface area (Å²) in [5.41, 5.74) is 1.96. The molecule has 112 valence electrons. The van der Waals surface area contributed by atoms with Crippen molar-refractivity contribution >= 4 is 17.2 Å². The number of amides is 1. The average Bonchev–Trinajstić information content (AvgIpc) is 3.01. The molecule has 1 heterocycles. The summed E-state index contributed by atoms with van der Waals surface area (Å²) < 4.78 is 0. The Balaban J connectivity index is 1.98. The van der Waals surface area contributed by atoms with Crippen LogP contribution < -0.4 is 5.32 Å². The third kappa shape index (κ3) is 4.16. The molecule has 2 aromatic rings. The lowest BCUT2D eigenvalue weighted by molar-refractivity contribution is 0.0942. The highest BCUT2D eigenvalue weighted by molar-refractivity contribution is 7.10. The van der Waals surface area contributed by atoms with Gasteiger partial charge in [-0.25, -0.2) is 0 Å². The monoisotopic (exact) mass is 302 g/mol. The van der Waals surface area contributed by atoms with Gasteiger partial charge in [-0.05, 0) is 49.7 Å². The smallest absolute Gasteiger partial charge is 0.251 e. The molecule has 1 atom stereocenters. The normalized spacial score (nSPS) is 12.4.